The summed E-state index contributed by atoms with van der Waals surface area (Å²) in [7, 11) is 0. The third kappa shape index (κ3) is 4.30. The molecular formula is C55H36O2. The summed E-state index contributed by atoms with van der Waals surface area (Å²) >= 11 is 0. The van der Waals surface area contributed by atoms with Gasteiger partial charge in [-0.3, -0.25) is 0 Å². The van der Waals surface area contributed by atoms with Gasteiger partial charge in [0.25, 0.3) is 0 Å². The summed E-state index contributed by atoms with van der Waals surface area (Å²) in [6, 6.07) is 62.7. The van der Waals surface area contributed by atoms with Crippen LogP contribution in [0.15, 0.2) is 179 Å². The number of furan rings is 2. The number of hydrogen-bond donors (Lipinski definition) is 0. The quantitative estimate of drug-likeness (QED) is 0.169. The Morgan fingerprint density at radius 2 is 0.807 bits per heavy atom. The first-order valence-corrected chi connectivity index (χ1v) is 20.3. The van der Waals surface area contributed by atoms with E-state index in [0.717, 1.165) is 55.0 Å². The minimum absolute atomic E-state index is 0.0187. The molecule has 13 rings (SSSR count). The van der Waals surface area contributed by atoms with E-state index in [4.69, 9.17) is 8.83 Å². The van der Waals surface area contributed by atoms with Crippen LogP contribution in [0.25, 0.3) is 110 Å². The highest BCUT2D eigenvalue weighted by molar-refractivity contribution is 6.20. The maximum Gasteiger partial charge on any atom is 0.136 e. The Hall–Kier alpha value is -6.90. The van der Waals surface area contributed by atoms with Crippen LogP contribution >= 0.6 is 0 Å². The summed E-state index contributed by atoms with van der Waals surface area (Å²) in [4.78, 5) is 0. The van der Waals surface area contributed by atoms with Crippen LogP contribution in [0.5, 0.6) is 0 Å². The van der Waals surface area contributed by atoms with Gasteiger partial charge >= 0.3 is 0 Å². The third-order valence-corrected chi connectivity index (χ3v) is 13.4. The summed E-state index contributed by atoms with van der Waals surface area (Å²) in [5.74, 6) is 0. The lowest BCUT2D eigenvalue weighted by atomic mass is 9.73. The first-order chi connectivity index (χ1) is 28.2. The van der Waals surface area contributed by atoms with Crippen molar-refractivity contribution in [2.75, 3.05) is 0 Å². The average molecular weight is 729 g/mol. The zero-order chi connectivity index (χ0) is 37.2. The lowest BCUT2D eigenvalue weighted by molar-refractivity contribution is 0.551. The largest absolute Gasteiger partial charge is 0.456 e. The molecule has 1 spiro atoms. The molecule has 268 valence electrons. The molecule has 0 radical (unpaired) electrons. The molecule has 1 saturated carbocycles. The van der Waals surface area contributed by atoms with E-state index in [9.17, 15) is 0 Å². The Labute approximate surface area is 329 Å². The molecule has 2 aromatic heterocycles. The fourth-order valence-corrected chi connectivity index (χ4v) is 11.0. The van der Waals surface area contributed by atoms with Crippen LogP contribution in [-0.2, 0) is 5.41 Å². The van der Waals surface area contributed by atoms with Crippen LogP contribution in [0, 0.1) is 0 Å². The molecule has 2 aliphatic rings. The number of fused-ring (bicyclic) bond motifs is 13. The van der Waals surface area contributed by atoms with Gasteiger partial charge in [0.05, 0.1) is 0 Å². The van der Waals surface area contributed by atoms with E-state index >= 15 is 0 Å². The summed E-state index contributed by atoms with van der Waals surface area (Å²) < 4.78 is 12.9. The maximum absolute atomic E-state index is 6.45. The van der Waals surface area contributed by atoms with Gasteiger partial charge in [-0.15, -0.1) is 0 Å². The molecular weight excluding hydrogens is 693 g/mol. The van der Waals surface area contributed by atoms with Crippen LogP contribution in [0.3, 0.4) is 0 Å². The van der Waals surface area contributed by atoms with Crippen molar-refractivity contribution in [1.82, 2.24) is 0 Å². The molecule has 2 heterocycles. The fraction of sp³-hybridized carbons (Fsp3) is 0.0909. The Morgan fingerprint density at radius 3 is 1.44 bits per heavy atom. The van der Waals surface area contributed by atoms with E-state index in [-0.39, 0.29) is 5.41 Å². The van der Waals surface area contributed by atoms with Crippen molar-refractivity contribution in [2.24, 2.45) is 0 Å². The minimum atomic E-state index is 0.0187. The molecule has 0 bridgehead atoms. The Bertz CT molecular complexity index is 3310. The molecule has 0 unspecified atom stereocenters. The zero-order valence-corrected chi connectivity index (χ0v) is 31.3. The van der Waals surface area contributed by atoms with E-state index in [2.05, 4.69) is 158 Å². The topological polar surface area (TPSA) is 26.3 Å². The molecule has 9 aromatic carbocycles. The lowest BCUT2D eigenvalue weighted by Crippen LogP contribution is -2.21. The summed E-state index contributed by atoms with van der Waals surface area (Å²) in [6.07, 6.45) is 4.87. The van der Waals surface area contributed by atoms with E-state index in [0.29, 0.717) is 0 Å². The Morgan fingerprint density at radius 1 is 0.333 bits per heavy atom. The zero-order valence-electron chi connectivity index (χ0n) is 31.3. The molecule has 0 N–H and O–H groups in total. The lowest BCUT2D eigenvalue weighted by Gasteiger charge is -2.30. The van der Waals surface area contributed by atoms with Crippen LogP contribution in [0.2, 0.25) is 0 Å². The Kier molecular flexibility index (Phi) is 6.36. The smallest absolute Gasteiger partial charge is 0.136 e. The first-order valence-electron chi connectivity index (χ1n) is 20.3. The summed E-state index contributed by atoms with van der Waals surface area (Å²) in [5.41, 5.74) is 16.9. The summed E-state index contributed by atoms with van der Waals surface area (Å²) in [6.45, 7) is 0. The fourth-order valence-electron chi connectivity index (χ4n) is 11.0. The highest BCUT2D eigenvalue weighted by Gasteiger charge is 2.46. The summed E-state index contributed by atoms with van der Waals surface area (Å²) in [5, 5.41) is 9.60. The van der Waals surface area contributed by atoms with Crippen molar-refractivity contribution in [3.05, 3.63) is 181 Å². The van der Waals surface area contributed by atoms with Crippen molar-refractivity contribution in [1.29, 1.82) is 0 Å². The second-order valence-corrected chi connectivity index (χ2v) is 16.2. The van der Waals surface area contributed by atoms with Crippen LogP contribution in [-0.4, -0.2) is 0 Å². The van der Waals surface area contributed by atoms with Crippen LogP contribution < -0.4 is 0 Å². The molecule has 0 amide bonds. The molecule has 0 atom stereocenters. The normalized spacial score (nSPS) is 14.5. The number of hydrogen-bond acceptors (Lipinski definition) is 2. The monoisotopic (exact) mass is 728 g/mol. The molecule has 1 fully saturated rings. The van der Waals surface area contributed by atoms with Gasteiger partial charge in [-0.1, -0.05) is 140 Å². The molecule has 0 saturated heterocycles. The second-order valence-electron chi connectivity index (χ2n) is 16.2. The van der Waals surface area contributed by atoms with Gasteiger partial charge in [-0.25, -0.2) is 0 Å². The van der Waals surface area contributed by atoms with E-state index in [1.807, 2.05) is 12.1 Å². The van der Waals surface area contributed by atoms with Gasteiger partial charge in [0, 0.05) is 27.0 Å². The van der Waals surface area contributed by atoms with Crippen molar-refractivity contribution < 1.29 is 8.83 Å². The van der Waals surface area contributed by atoms with E-state index in [1.54, 1.807) is 0 Å². The first kappa shape index (κ1) is 31.3. The number of benzene rings is 9. The van der Waals surface area contributed by atoms with Gasteiger partial charge in [-0.05, 0) is 132 Å². The van der Waals surface area contributed by atoms with E-state index in [1.165, 1.54) is 91.7 Å². The number of rotatable bonds is 3. The molecule has 2 nitrogen and oxygen atoms in total. The second kappa shape index (κ2) is 11.6. The maximum atomic E-state index is 6.45. The van der Waals surface area contributed by atoms with Crippen molar-refractivity contribution >= 4 is 65.4 Å². The number of para-hydroxylation sites is 2. The van der Waals surface area contributed by atoms with Gasteiger partial charge < -0.3 is 8.83 Å². The van der Waals surface area contributed by atoms with Crippen molar-refractivity contribution in [3.63, 3.8) is 0 Å². The molecule has 11 aromatic rings. The van der Waals surface area contributed by atoms with Crippen LogP contribution in [0.4, 0.5) is 0 Å². The minimum Gasteiger partial charge on any atom is -0.456 e. The standard InChI is InChI=1S/C55H36O2/c1-4-21-48-37(12-1)44-19-11-20-45(54(44)55(48)28-7-8-29-55)53-42-17-9-15-35(33-24-26-40-38-13-2-5-22-49(38)56-51(40)30-33)46(42)32-47-36(16-10-18-43(47)53)34-25-27-41-39-14-3-6-23-50(39)57-52(41)31-34/h1-6,9-27,30-32H,7-8,28-29H2. The predicted molar refractivity (Wildman–Crippen MR) is 237 cm³/mol. The Balaban J connectivity index is 1.13. The van der Waals surface area contributed by atoms with Gasteiger partial charge in [0.15, 0.2) is 0 Å². The van der Waals surface area contributed by atoms with E-state index < -0.39 is 0 Å². The van der Waals surface area contributed by atoms with Crippen molar-refractivity contribution in [3.8, 4) is 44.5 Å². The van der Waals surface area contributed by atoms with Crippen molar-refractivity contribution in [2.45, 2.75) is 31.1 Å². The molecule has 57 heavy (non-hydrogen) atoms. The van der Waals surface area contributed by atoms with Gasteiger partial charge in [0.2, 0.25) is 0 Å². The third-order valence-electron chi connectivity index (χ3n) is 13.4. The predicted octanol–water partition coefficient (Wildman–Crippen LogP) is 15.6. The van der Waals surface area contributed by atoms with Gasteiger partial charge in [0.1, 0.15) is 22.3 Å². The highest BCUT2D eigenvalue weighted by Crippen LogP contribution is 2.60. The van der Waals surface area contributed by atoms with Crippen LogP contribution in [0.1, 0.15) is 36.8 Å². The average Bonchev–Trinajstić information content (AvgIpc) is 4.05. The molecule has 2 heteroatoms. The molecule has 2 aliphatic carbocycles. The molecule has 0 aliphatic heterocycles. The SMILES string of the molecule is c1ccc2c(c1)-c1cccc(-c3c4cccc(-c5ccc6c(c5)oc5ccccc56)c4cc4c(-c5ccc6c(c5)oc5ccccc56)cccc34)c1C21CCCC1. The van der Waals surface area contributed by atoms with Gasteiger partial charge in [-0.2, -0.15) is 0 Å². The highest BCUT2D eigenvalue weighted by atomic mass is 16.3.